The Kier molecular flexibility index (Phi) is 5.63. The number of rotatable bonds is 2. The number of halogens is 2. The van der Waals surface area contributed by atoms with E-state index in [9.17, 15) is 18.4 Å². The molecule has 0 aromatic rings. The highest BCUT2D eigenvalue weighted by Crippen LogP contribution is 1.94. The van der Waals surface area contributed by atoms with Gasteiger partial charge in [0.05, 0.1) is 7.11 Å². The Hall–Kier alpha value is -1.04. The molecule has 0 aromatic heterocycles. The third kappa shape index (κ3) is 3.08. The Morgan fingerprint density at radius 2 is 1.80 bits per heavy atom. The van der Waals surface area contributed by atoms with E-state index in [1.54, 1.807) is 0 Å². The quantitative estimate of drug-likeness (QED) is 0.386. The zero-order chi connectivity index (χ0) is 7.44. The molecule has 10 heavy (non-hydrogen) atoms. The van der Waals surface area contributed by atoms with E-state index in [0.717, 1.165) is 7.11 Å². The highest BCUT2D eigenvalue weighted by atomic mass is 19.3. The van der Waals surface area contributed by atoms with E-state index in [2.05, 4.69) is 4.74 Å². The molecule has 0 aliphatic carbocycles. The van der Waals surface area contributed by atoms with E-state index in [-0.39, 0.29) is 5.48 Å². The van der Waals surface area contributed by atoms with Crippen molar-refractivity contribution in [2.75, 3.05) is 7.11 Å². The molecule has 0 rings (SSSR count). The summed E-state index contributed by atoms with van der Waals surface area (Å²) < 4.78 is 26.1. The SMILES string of the molecule is COC(=O)C(=O)C(F)F.O. The van der Waals surface area contributed by atoms with Gasteiger partial charge in [-0.25, -0.2) is 13.6 Å². The third-order valence-electron chi connectivity index (χ3n) is 0.585. The number of ether oxygens (including phenoxy) is 1. The summed E-state index contributed by atoms with van der Waals surface area (Å²) in [7, 11) is 0.864. The summed E-state index contributed by atoms with van der Waals surface area (Å²) >= 11 is 0. The fourth-order valence-electron chi connectivity index (χ4n) is 0.190. The summed E-state index contributed by atoms with van der Waals surface area (Å²) in [5.41, 5.74) is 0. The molecular formula is C4H6F2O4. The van der Waals surface area contributed by atoms with E-state index in [1.165, 1.54) is 0 Å². The summed E-state index contributed by atoms with van der Waals surface area (Å²) in [5.74, 6) is -3.32. The van der Waals surface area contributed by atoms with Crippen LogP contribution in [0.25, 0.3) is 0 Å². The number of hydrogen-bond donors (Lipinski definition) is 0. The van der Waals surface area contributed by atoms with Gasteiger partial charge in [0.25, 0.3) is 0 Å². The summed E-state index contributed by atoms with van der Waals surface area (Å²) in [4.78, 5) is 19.8. The summed E-state index contributed by atoms with van der Waals surface area (Å²) in [6.45, 7) is 0. The highest BCUT2D eigenvalue weighted by molar-refractivity contribution is 6.34. The largest absolute Gasteiger partial charge is 0.463 e. The second-order valence-electron chi connectivity index (χ2n) is 1.16. The average Bonchev–Trinajstić information content (AvgIpc) is 1.84. The lowest BCUT2D eigenvalue weighted by Crippen LogP contribution is -2.22. The molecule has 0 heterocycles. The molecule has 0 amide bonds. The monoisotopic (exact) mass is 156 g/mol. The fraction of sp³-hybridized carbons (Fsp3) is 0.500. The van der Waals surface area contributed by atoms with Crippen molar-refractivity contribution in [1.29, 1.82) is 0 Å². The number of methoxy groups -OCH3 is 1. The highest BCUT2D eigenvalue weighted by Gasteiger charge is 2.24. The molecule has 0 spiro atoms. The molecule has 6 heteroatoms. The van der Waals surface area contributed by atoms with Crippen molar-refractivity contribution in [2.24, 2.45) is 0 Å². The Morgan fingerprint density at radius 3 is 1.90 bits per heavy atom. The molecular weight excluding hydrogens is 150 g/mol. The van der Waals surface area contributed by atoms with Gasteiger partial charge in [0.15, 0.2) is 0 Å². The van der Waals surface area contributed by atoms with Gasteiger partial charge < -0.3 is 10.2 Å². The average molecular weight is 156 g/mol. The first-order valence-corrected chi connectivity index (χ1v) is 2.00. The van der Waals surface area contributed by atoms with Gasteiger partial charge in [0.1, 0.15) is 0 Å². The van der Waals surface area contributed by atoms with Crippen LogP contribution in [0.15, 0.2) is 0 Å². The molecule has 0 radical (unpaired) electrons. The first-order valence-electron chi connectivity index (χ1n) is 2.00. The van der Waals surface area contributed by atoms with Gasteiger partial charge >= 0.3 is 18.2 Å². The Balaban J connectivity index is 0. The van der Waals surface area contributed by atoms with Crippen molar-refractivity contribution in [3.8, 4) is 0 Å². The maximum Gasteiger partial charge on any atom is 0.380 e. The van der Waals surface area contributed by atoms with Crippen molar-refractivity contribution in [3.63, 3.8) is 0 Å². The number of hydrogen-bond acceptors (Lipinski definition) is 3. The molecule has 0 saturated heterocycles. The summed E-state index contributed by atoms with van der Waals surface area (Å²) in [5, 5.41) is 0. The standard InChI is InChI=1S/C4H4F2O3.H2O/c1-9-4(8)2(7)3(5)6;/h3H,1H3;1H2. The van der Waals surface area contributed by atoms with Gasteiger partial charge in [0.2, 0.25) is 0 Å². The minimum absolute atomic E-state index is 0. The molecule has 0 bridgehead atoms. The number of alkyl halides is 2. The number of esters is 1. The topological polar surface area (TPSA) is 74.9 Å². The smallest absolute Gasteiger partial charge is 0.380 e. The van der Waals surface area contributed by atoms with Crippen molar-refractivity contribution in [2.45, 2.75) is 6.43 Å². The lowest BCUT2D eigenvalue weighted by molar-refractivity contribution is -0.156. The molecule has 0 aliphatic rings. The number of Topliss-reactive ketones (excluding diaryl/α,β-unsaturated/α-hetero) is 1. The van der Waals surface area contributed by atoms with Gasteiger partial charge in [-0.15, -0.1) is 0 Å². The molecule has 0 saturated carbocycles. The first kappa shape index (κ1) is 11.7. The number of carbonyl (C=O) groups is 2. The minimum atomic E-state index is -3.27. The van der Waals surface area contributed by atoms with Crippen LogP contribution in [0, 0.1) is 0 Å². The van der Waals surface area contributed by atoms with E-state index in [4.69, 9.17) is 0 Å². The fourth-order valence-corrected chi connectivity index (χ4v) is 0.190. The first-order chi connectivity index (χ1) is 4.09. The van der Waals surface area contributed by atoms with Crippen LogP contribution in [0.1, 0.15) is 0 Å². The Bertz CT molecular complexity index is 133. The normalized spacial score (nSPS) is 8.40. The van der Waals surface area contributed by atoms with Gasteiger partial charge in [-0.05, 0) is 0 Å². The molecule has 60 valence electrons. The van der Waals surface area contributed by atoms with Gasteiger partial charge in [-0.1, -0.05) is 0 Å². The van der Waals surface area contributed by atoms with Crippen LogP contribution < -0.4 is 0 Å². The Labute approximate surface area is 55.1 Å². The summed E-state index contributed by atoms with van der Waals surface area (Å²) in [6, 6.07) is 0. The van der Waals surface area contributed by atoms with E-state index in [1.807, 2.05) is 0 Å². The van der Waals surface area contributed by atoms with E-state index in [0.29, 0.717) is 0 Å². The predicted octanol–water partition coefficient (Wildman–Crippen LogP) is -0.831. The molecule has 2 N–H and O–H groups in total. The lowest BCUT2D eigenvalue weighted by atomic mass is 10.4. The van der Waals surface area contributed by atoms with Crippen LogP contribution in [-0.4, -0.2) is 30.8 Å². The van der Waals surface area contributed by atoms with E-state index >= 15 is 0 Å². The Morgan fingerprint density at radius 1 is 1.40 bits per heavy atom. The van der Waals surface area contributed by atoms with Crippen LogP contribution in [0.4, 0.5) is 8.78 Å². The molecule has 0 atom stereocenters. The zero-order valence-electron chi connectivity index (χ0n) is 5.06. The van der Waals surface area contributed by atoms with Crippen LogP contribution >= 0.6 is 0 Å². The second-order valence-corrected chi connectivity index (χ2v) is 1.16. The molecule has 4 nitrogen and oxygen atoms in total. The molecule has 0 aromatic carbocycles. The zero-order valence-corrected chi connectivity index (χ0v) is 5.06. The van der Waals surface area contributed by atoms with Crippen molar-refractivity contribution < 1.29 is 28.6 Å². The van der Waals surface area contributed by atoms with Crippen molar-refractivity contribution in [3.05, 3.63) is 0 Å². The molecule has 0 unspecified atom stereocenters. The maximum absolute atomic E-state index is 11.2. The van der Waals surface area contributed by atoms with Gasteiger partial charge in [-0.3, -0.25) is 4.79 Å². The van der Waals surface area contributed by atoms with Crippen LogP contribution in [-0.2, 0) is 14.3 Å². The van der Waals surface area contributed by atoms with Gasteiger partial charge in [-0.2, -0.15) is 0 Å². The summed E-state index contributed by atoms with van der Waals surface area (Å²) in [6.07, 6.45) is -3.27. The second kappa shape index (κ2) is 4.80. The van der Waals surface area contributed by atoms with Crippen molar-refractivity contribution >= 4 is 11.8 Å². The van der Waals surface area contributed by atoms with Crippen LogP contribution in [0.3, 0.4) is 0 Å². The lowest BCUT2D eigenvalue weighted by Gasteiger charge is -1.93. The molecule has 0 fully saturated rings. The number of ketones is 1. The van der Waals surface area contributed by atoms with Crippen LogP contribution in [0.2, 0.25) is 0 Å². The van der Waals surface area contributed by atoms with E-state index < -0.39 is 18.2 Å². The number of carbonyl (C=O) groups excluding carboxylic acids is 2. The van der Waals surface area contributed by atoms with Crippen molar-refractivity contribution in [1.82, 2.24) is 0 Å². The van der Waals surface area contributed by atoms with Gasteiger partial charge in [0, 0.05) is 0 Å². The molecule has 0 aliphatic heterocycles. The maximum atomic E-state index is 11.2. The minimum Gasteiger partial charge on any atom is -0.463 e. The third-order valence-corrected chi connectivity index (χ3v) is 0.585. The van der Waals surface area contributed by atoms with Crippen LogP contribution in [0.5, 0.6) is 0 Å². The predicted molar refractivity (Wildman–Crippen MR) is 26.6 cm³/mol.